The molecule has 0 spiro atoms. The summed E-state index contributed by atoms with van der Waals surface area (Å²) in [5.74, 6) is 0.938. The van der Waals surface area contributed by atoms with E-state index in [1.807, 2.05) is 29.0 Å². The summed E-state index contributed by atoms with van der Waals surface area (Å²) in [7, 11) is 1.54. The van der Waals surface area contributed by atoms with Gasteiger partial charge in [0.25, 0.3) is 5.88 Å². The van der Waals surface area contributed by atoms with Crippen molar-refractivity contribution < 1.29 is 28.1 Å². The third-order valence-electron chi connectivity index (χ3n) is 6.77. The molecule has 2 unspecified atom stereocenters. The van der Waals surface area contributed by atoms with Crippen molar-refractivity contribution in [3.05, 3.63) is 43.1 Å². The fourth-order valence-electron chi connectivity index (χ4n) is 5.12. The van der Waals surface area contributed by atoms with E-state index in [1.54, 1.807) is 38.2 Å². The van der Waals surface area contributed by atoms with Crippen molar-refractivity contribution in [1.82, 2.24) is 29.6 Å². The van der Waals surface area contributed by atoms with Crippen molar-refractivity contribution in [3.63, 3.8) is 0 Å². The minimum atomic E-state index is -1.39. The molecule has 0 saturated carbocycles. The van der Waals surface area contributed by atoms with Crippen LogP contribution in [-0.4, -0.2) is 79.6 Å². The predicted octanol–water partition coefficient (Wildman–Crippen LogP) is 4.35. The van der Waals surface area contributed by atoms with Crippen LogP contribution in [0.15, 0.2) is 43.1 Å². The summed E-state index contributed by atoms with van der Waals surface area (Å²) in [6.07, 6.45) is 6.50. The molecule has 2 aliphatic rings. The third-order valence-corrected chi connectivity index (χ3v) is 6.77. The van der Waals surface area contributed by atoms with Gasteiger partial charge in [-0.05, 0) is 52.2 Å². The number of hydrogen-bond donors (Lipinski definition) is 0. The van der Waals surface area contributed by atoms with Crippen molar-refractivity contribution in [2.45, 2.75) is 76.4 Å². The zero-order valence-corrected chi connectivity index (χ0v) is 22.5. The lowest BCUT2D eigenvalue weighted by atomic mass is 9.82. The lowest BCUT2D eigenvalue weighted by Gasteiger charge is -2.49. The molecule has 2 aromatic heterocycles. The predicted molar refractivity (Wildman–Crippen MR) is 138 cm³/mol. The Hall–Kier alpha value is -3.80. The molecule has 4 atom stereocenters. The van der Waals surface area contributed by atoms with Gasteiger partial charge in [0.1, 0.15) is 17.5 Å². The number of fused-ring (bicyclic) bond motifs is 2. The van der Waals surface area contributed by atoms with Crippen LogP contribution >= 0.6 is 0 Å². The number of nitrogens with zero attached hydrogens (tertiary/aromatic N) is 6. The highest BCUT2D eigenvalue weighted by molar-refractivity contribution is 5.69. The molecule has 1 amide bonds. The second-order valence-electron chi connectivity index (χ2n) is 10.7. The molecule has 2 aliphatic heterocycles. The highest BCUT2D eigenvalue weighted by atomic mass is 19.1. The maximum atomic E-state index is 15.6. The van der Waals surface area contributed by atoms with Crippen molar-refractivity contribution in [3.8, 4) is 28.7 Å². The Labute approximate surface area is 226 Å². The topological polar surface area (TPSA) is 114 Å². The van der Waals surface area contributed by atoms with Gasteiger partial charge in [0.15, 0.2) is 18.8 Å². The number of piperidine rings is 2. The van der Waals surface area contributed by atoms with Gasteiger partial charge in [0.2, 0.25) is 0 Å². The number of ether oxygens (including phenoxy) is 4. The second kappa shape index (κ2) is 11.1. The zero-order chi connectivity index (χ0) is 27.6. The summed E-state index contributed by atoms with van der Waals surface area (Å²) in [5.41, 5.74) is 0.799. The third kappa shape index (κ3) is 5.95. The molecule has 2 bridgehead atoms. The summed E-state index contributed by atoms with van der Waals surface area (Å²) in [6, 6.07) is 4.77. The molecular weight excluding hydrogens is 507 g/mol. The molecule has 0 radical (unpaired) electrons. The highest BCUT2D eigenvalue weighted by Gasteiger charge is 2.50. The van der Waals surface area contributed by atoms with Crippen LogP contribution in [-0.2, 0) is 9.47 Å². The molecule has 5 rings (SSSR count). The van der Waals surface area contributed by atoms with Crippen LogP contribution in [0.2, 0.25) is 0 Å². The van der Waals surface area contributed by atoms with Crippen molar-refractivity contribution in [2.75, 3.05) is 13.9 Å². The Morgan fingerprint density at radius 2 is 2.05 bits per heavy atom. The van der Waals surface area contributed by atoms with E-state index in [9.17, 15) is 4.79 Å². The molecule has 12 heteroatoms. The van der Waals surface area contributed by atoms with Gasteiger partial charge in [-0.25, -0.2) is 19.2 Å². The van der Waals surface area contributed by atoms with Gasteiger partial charge >= 0.3 is 6.09 Å². The highest BCUT2D eigenvalue weighted by Crippen LogP contribution is 2.38. The van der Waals surface area contributed by atoms with Crippen LogP contribution in [0.4, 0.5) is 9.18 Å². The summed E-state index contributed by atoms with van der Waals surface area (Å²) in [4.78, 5) is 22.9. The number of alkyl halides is 1. The fourth-order valence-corrected chi connectivity index (χ4v) is 5.12. The summed E-state index contributed by atoms with van der Waals surface area (Å²) >= 11 is 0. The van der Waals surface area contributed by atoms with Gasteiger partial charge in [-0.15, -0.1) is 10.2 Å². The number of halogens is 1. The molecule has 0 aliphatic carbocycles. The number of amides is 1. The normalized spacial score (nSPS) is 22.8. The summed E-state index contributed by atoms with van der Waals surface area (Å²) in [6.45, 7) is 5.45. The molecular formula is C27H33FN6O5. The maximum absolute atomic E-state index is 15.6. The number of methoxy groups -OCH3 is 1. The molecule has 39 heavy (non-hydrogen) atoms. The Kier molecular flexibility index (Phi) is 7.65. The standard InChI is InChI=1S/C27H33FN6O5/c1-27(2,3)39-26(35)34-18-6-5-7-20(34)24(28)22(13-18)38-23-14-30-25(32-31-23)19-9-8-17(33-11-10-29-15-33)12-21(19)37-16-36-4/h8-12,14-15,18,20,22,24H,5-7,13,16H2,1-4H3/t18?,20?,22-,24+/m1/s1. The van der Waals surface area contributed by atoms with Crippen LogP contribution in [0.25, 0.3) is 17.1 Å². The first kappa shape index (κ1) is 26.8. The number of carbonyl (C=O) groups excluding carboxylic acids is 1. The summed E-state index contributed by atoms with van der Waals surface area (Å²) in [5, 5.41) is 8.39. The molecule has 2 fully saturated rings. The van der Waals surface area contributed by atoms with E-state index >= 15 is 4.39 Å². The Bertz CT molecular complexity index is 1270. The molecule has 1 aromatic carbocycles. The average Bonchev–Trinajstić information content (AvgIpc) is 3.45. The number of aromatic nitrogens is 5. The first-order chi connectivity index (χ1) is 18.7. The van der Waals surface area contributed by atoms with Gasteiger partial charge in [0.05, 0.1) is 29.8 Å². The van der Waals surface area contributed by atoms with Crippen LogP contribution in [0, 0.1) is 0 Å². The van der Waals surface area contributed by atoms with Gasteiger partial charge in [-0.3, -0.25) is 4.90 Å². The van der Waals surface area contributed by atoms with Crippen molar-refractivity contribution in [1.29, 1.82) is 0 Å². The maximum Gasteiger partial charge on any atom is 0.410 e. The summed E-state index contributed by atoms with van der Waals surface area (Å²) < 4.78 is 39.8. The number of carbonyl (C=O) groups is 1. The molecule has 4 heterocycles. The van der Waals surface area contributed by atoms with Gasteiger partial charge in [-0.1, -0.05) is 0 Å². The molecule has 2 saturated heterocycles. The van der Waals surface area contributed by atoms with Crippen LogP contribution in [0.1, 0.15) is 46.5 Å². The largest absolute Gasteiger partial charge is 0.469 e. The average molecular weight is 541 g/mol. The number of benzene rings is 1. The van der Waals surface area contributed by atoms with Crippen LogP contribution < -0.4 is 9.47 Å². The lowest BCUT2D eigenvalue weighted by Crippen LogP contribution is -2.63. The van der Waals surface area contributed by atoms with E-state index in [2.05, 4.69) is 20.2 Å². The fraction of sp³-hybridized carbons (Fsp3) is 0.519. The Balaban J connectivity index is 1.31. The minimum Gasteiger partial charge on any atom is -0.469 e. The van der Waals surface area contributed by atoms with Crippen molar-refractivity contribution in [2.24, 2.45) is 0 Å². The van der Waals surface area contributed by atoms with Gasteiger partial charge in [0, 0.05) is 38.0 Å². The van der Waals surface area contributed by atoms with E-state index in [0.29, 0.717) is 30.0 Å². The first-order valence-electron chi connectivity index (χ1n) is 13.0. The monoisotopic (exact) mass is 540 g/mol. The molecule has 0 N–H and O–H groups in total. The molecule has 208 valence electrons. The number of hydrogen-bond acceptors (Lipinski definition) is 9. The number of imidazole rings is 1. The minimum absolute atomic E-state index is 0.0389. The van der Waals surface area contributed by atoms with E-state index in [0.717, 1.165) is 18.5 Å². The van der Waals surface area contributed by atoms with E-state index in [-0.39, 0.29) is 18.7 Å². The van der Waals surface area contributed by atoms with Crippen molar-refractivity contribution >= 4 is 6.09 Å². The zero-order valence-electron chi connectivity index (χ0n) is 22.5. The van der Waals surface area contributed by atoms with E-state index < -0.39 is 30.0 Å². The Morgan fingerprint density at radius 3 is 2.74 bits per heavy atom. The lowest BCUT2D eigenvalue weighted by molar-refractivity contribution is -0.0802. The SMILES string of the molecule is COCOc1cc(-n2ccnc2)ccc1-c1ncc(O[C@@H]2CC3CCCC([C@@H]2F)N3C(=O)OC(C)(C)C)nn1. The van der Waals surface area contributed by atoms with Crippen LogP contribution in [0.3, 0.4) is 0 Å². The van der Waals surface area contributed by atoms with Crippen LogP contribution in [0.5, 0.6) is 11.6 Å². The molecule has 11 nitrogen and oxygen atoms in total. The first-order valence-corrected chi connectivity index (χ1v) is 13.0. The molecule has 3 aromatic rings. The van der Waals surface area contributed by atoms with E-state index in [1.165, 1.54) is 13.3 Å². The number of rotatable bonds is 7. The van der Waals surface area contributed by atoms with Gasteiger partial charge < -0.3 is 23.5 Å². The second-order valence-corrected chi connectivity index (χ2v) is 10.7. The Morgan fingerprint density at radius 1 is 1.21 bits per heavy atom. The smallest absolute Gasteiger partial charge is 0.410 e. The van der Waals surface area contributed by atoms with E-state index in [4.69, 9.17) is 18.9 Å². The van der Waals surface area contributed by atoms with Gasteiger partial charge in [-0.2, -0.15) is 0 Å². The quantitative estimate of drug-likeness (QED) is 0.404.